The standard InChI is InChI=1S/C15H24FNS/c1-5-8-17-12(4)14-9-13(16)6-7-15(14)18-10-11(2)3/h6-7,9,11-12,17H,5,8,10H2,1-4H3. The fourth-order valence-corrected chi connectivity index (χ4v) is 2.80. The summed E-state index contributed by atoms with van der Waals surface area (Å²) < 4.78 is 13.4. The predicted octanol–water partition coefficient (Wildman–Crippen LogP) is 4.63. The Labute approximate surface area is 115 Å². The van der Waals surface area contributed by atoms with E-state index in [4.69, 9.17) is 0 Å². The average Bonchev–Trinajstić information content (AvgIpc) is 2.34. The van der Waals surface area contributed by atoms with Crippen molar-refractivity contribution in [3.05, 3.63) is 29.6 Å². The van der Waals surface area contributed by atoms with Crippen LogP contribution in [-0.2, 0) is 0 Å². The van der Waals surface area contributed by atoms with Gasteiger partial charge in [-0.25, -0.2) is 4.39 Å². The topological polar surface area (TPSA) is 12.0 Å². The second kappa shape index (κ2) is 7.80. The number of thioether (sulfide) groups is 1. The molecule has 0 aliphatic heterocycles. The minimum absolute atomic E-state index is 0.149. The minimum Gasteiger partial charge on any atom is -0.310 e. The molecule has 1 unspecified atom stereocenters. The van der Waals surface area contributed by atoms with Crippen LogP contribution in [0.1, 0.15) is 45.7 Å². The van der Waals surface area contributed by atoms with Crippen molar-refractivity contribution in [1.29, 1.82) is 0 Å². The van der Waals surface area contributed by atoms with Gasteiger partial charge in [-0.1, -0.05) is 20.8 Å². The van der Waals surface area contributed by atoms with Crippen LogP contribution >= 0.6 is 11.8 Å². The summed E-state index contributed by atoms with van der Waals surface area (Å²) in [7, 11) is 0. The molecule has 1 aromatic carbocycles. The zero-order chi connectivity index (χ0) is 13.5. The zero-order valence-corrected chi connectivity index (χ0v) is 12.6. The van der Waals surface area contributed by atoms with Gasteiger partial charge in [-0.05, 0) is 49.6 Å². The number of rotatable bonds is 7. The van der Waals surface area contributed by atoms with Crippen molar-refractivity contribution < 1.29 is 4.39 Å². The van der Waals surface area contributed by atoms with Gasteiger partial charge in [-0.2, -0.15) is 0 Å². The van der Waals surface area contributed by atoms with E-state index in [1.165, 1.54) is 4.90 Å². The Kier molecular flexibility index (Phi) is 6.72. The summed E-state index contributed by atoms with van der Waals surface area (Å²) in [5.74, 6) is 1.56. The summed E-state index contributed by atoms with van der Waals surface area (Å²) in [5, 5.41) is 3.42. The van der Waals surface area contributed by atoms with Gasteiger partial charge in [0.05, 0.1) is 0 Å². The normalized spacial score (nSPS) is 13.0. The first-order valence-electron chi connectivity index (χ1n) is 6.70. The van der Waals surface area contributed by atoms with E-state index in [0.717, 1.165) is 24.3 Å². The second-order valence-corrected chi connectivity index (χ2v) is 6.12. The molecule has 0 saturated heterocycles. The molecule has 1 N–H and O–H groups in total. The first-order chi connectivity index (χ1) is 8.54. The van der Waals surface area contributed by atoms with Crippen molar-refractivity contribution in [2.75, 3.05) is 12.3 Å². The van der Waals surface area contributed by atoms with Crippen LogP contribution in [0.15, 0.2) is 23.1 Å². The molecule has 0 radical (unpaired) electrons. The Balaban J connectivity index is 2.81. The van der Waals surface area contributed by atoms with E-state index in [1.807, 2.05) is 17.8 Å². The van der Waals surface area contributed by atoms with Crippen molar-refractivity contribution in [3.63, 3.8) is 0 Å². The number of hydrogen-bond acceptors (Lipinski definition) is 2. The molecular formula is C15H24FNS. The molecule has 1 rings (SSSR count). The van der Waals surface area contributed by atoms with E-state index < -0.39 is 0 Å². The molecule has 1 aromatic rings. The van der Waals surface area contributed by atoms with E-state index in [0.29, 0.717) is 5.92 Å². The first-order valence-corrected chi connectivity index (χ1v) is 7.68. The Hall–Kier alpha value is -0.540. The monoisotopic (exact) mass is 269 g/mol. The van der Waals surface area contributed by atoms with Crippen LogP contribution in [-0.4, -0.2) is 12.3 Å². The van der Waals surface area contributed by atoms with Gasteiger partial charge in [0.15, 0.2) is 0 Å². The molecule has 0 aromatic heterocycles. The summed E-state index contributed by atoms with van der Waals surface area (Å²) >= 11 is 1.82. The fourth-order valence-electron chi connectivity index (χ4n) is 1.72. The van der Waals surface area contributed by atoms with E-state index in [9.17, 15) is 4.39 Å². The Bertz CT molecular complexity index is 366. The molecule has 0 fully saturated rings. The van der Waals surface area contributed by atoms with Gasteiger partial charge in [-0.15, -0.1) is 11.8 Å². The van der Waals surface area contributed by atoms with Crippen LogP contribution in [0.2, 0.25) is 0 Å². The molecule has 1 atom stereocenters. The number of nitrogens with one attached hydrogen (secondary N) is 1. The largest absolute Gasteiger partial charge is 0.310 e. The van der Waals surface area contributed by atoms with E-state index in [1.54, 1.807) is 12.1 Å². The zero-order valence-electron chi connectivity index (χ0n) is 11.8. The Morgan fingerprint density at radius 3 is 2.61 bits per heavy atom. The lowest BCUT2D eigenvalue weighted by Crippen LogP contribution is -2.20. The maximum Gasteiger partial charge on any atom is 0.123 e. The third-order valence-corrected chi connectivity index (χ3v) is 4.23. The van der Waals surface area contributed by atoms with Gasteiger partial charge in [0.2, 0.25) is 0 Å². The van der Waals surface area contributed by atoms with Crippen molar-refractivity contribution in [2.24, 2.45) is 5.92 Å². The predicted molar refractivity (Wildman–Crippen MR) is 78.7 cm³/mol. The van der Waals surface area contributed by atoms with Crippen molar-refractivity contribution >= 4 is 11.8 Å². The van der Waals surface area contributed by atoms with E-state index >= 15 is 0 Å². The highest BCUT2D eigenvalue weighted by atomic mass is 32.2. The summed E-state index contributed by atoms with van der Waals surface area (Å²) in [6.45, 7) is 9.61. The van der Waals surface area contributed by atoms with Crippen molar-refractivity contribution in [3.8, 4) is 0 Å². The van der Waals surface area contributed by atoms with Gasteiger partial charge >= 0.3 is 0 Å². The maximum absolute atomic E-state index is 13.4. The molecule has 0 bridgehead atoms. The molecule has 0 aliphatic carbocycles. The number of hydrogen-bond donors (Lipinski definition) is 1. The fraction of sp³-hybridized carbons (Fsp3) is 0.600. The van der Waals surface area contributed by atoms with Gasteiger partial charge < -0.3 is 5.32 Å². The quantitative estimate of drug-likeness (QED) is 0.724. The van der Waals surface area contributed by atoms with E-state index in [-0.39, 0.29) is 11.9 Å². The van der Waals surface area contributed by atoms with Gasteiger partial charge in [-0.3, -0.25) is 0 Å². The number of halogens is 1. The smallest absolute Gasteiger partial charge is 0.123 e. The maximum atomic E-state index is 13.4. The molecular weight excluding hydrogens is 245 g/mol. The van der Waals surface area contributed by atoms with Gasteiger partial charge in [0.25, 0.3) is 0 Å². The van der Waals surface area contributed by atoms with Crippen molar-refractivity contribution in [1.82, 2.24) is 5.32 Å². The third kappa shape index (κ3) is 4.99. The van der Waals surface area contributed by atoms with Crippen LogP contribution in [0.3, 0.4) is 0 Å². The highest BCUT2D eigenvalue weighted by molar-refractivity contribution is 7.99. The molecule has 0 spiro atoms. The lowest BCUT2D eigenvalue weighted by Gasteiger charge is -2.18. The van der Waals surface area contributed by atoms with Crippen LogP contribution in [0.25, 0.3) is 0 Å². The van der Waals surface area contributed by atoms with Crippen LogP contribution < -0.4 is 5.32 Å². The summed E-state index contributed by atoms with van der Waals surface area (Å²) in [5.41, 5.74) is 1.08. The molecule has 0 saturated carbocycles. The van der Waals surface area contributed by atoms with Gasteiger partial charge in [0.1, 0.15) is 5.82 Å². The molecule has 18 heavy (non-hydrogen) atoms. The van der Waals surface area contributed by atoms with Crippen molar-refractivity contribution in [2.45, 2.75) is 45.1 Å². The highest BCUT2D eigenvalue weighted by Crippen LogP contribution is 2.29. The summed E-state index contributed by atoms with van der Waals surface area (Å²) in [6, 6.07) is 5.33. The summed E-state index contributed by atoms with van der Waals surface area (Å²) in [6.07, 6.45) is 1.09. The van der Waals surface area contributed by atoms with Gasteiger partial charge in [0, 0.05) is 16.7 Å². The van der Waals surface area contributed by atoms with Crippen LogP contribution in [0, 0.1) is 11.7 Å². The van der Waals surface area contributed by atoms with Crippen LogP contribution in [0.4, 0.5) is 4.39 Å². The lowest BCUT2D eigenvalue weighted by atomic mass is 10.1. The molecule has 102 valence electrons. The molecule has 0 aliphatic rings. The number of benzene rings is 1. The molecule has 1 nitrogen and oxygen atoms in total. The molecule has 3 heteroatoms. The average molecular weight is 269 g/mol. The molecule has 0 amide bonds. The molecule has 0 heterocycles. The van der Waals surface area contributed by atoms with E-state index in [2.05, 4.69) is 33.0 Å². The third-order valence-electron chi connectivity index (χ3n) is 2.71. The Morgan fingerprint density at radius 1 is 1.28 bits per heavy atom. The SMILES string of the molecule is CCCNC(C)c1cc(F)ccc1SCC(C)C. The second-order valence-electron chi connectivity index (χ2n) is 5.06. The summed E-state index contributed by atoms with van der Waals surface area (Å²) in [4.78, 5) is 1.20. The first kappa shape index (κ1) is 15.5. The van der Waals surface area contributed by atoms with Crippen LogP contribution in [0.5, 0.6) is 0 Å². The highest BCUT2D eigenvalue weighted by Gasteiger charge is 2.12. The lowest BCUT2D eigenvalue weighted by molar-refractivity contribution is 0.554. The Morgan fingerprint density at radius 2 is 2.00 bits per heavy atom. The minimum atomic E-state index is -0.149.